The molecule has 0 radical (unpaired) electrons. The van der Waals surface area contributed by atoms with E-state index >= 15 is 0 Å². The third-order valence-electron chi connectivity index (χ3n) is 2.20. The van der Waals surface area contributed by atoms with Crippen molar-refractivity contribution in [1.82, 2.24) is 15.0 Å². The first-order chi connectivity index (χ1) is 8.22. The molecule has 0 bridgehead atoms. The number of aromatic nitrogens is 3. The van der Waals surface area contributed by atoms with Crippen molar-refractivity contribution < 1.29 is 10.2 Å². The molecule has 84 valence electrons. The van der Waals surface area contributed by atoms with Crippen molar-refractivity contribution in [3.05, 3.63) is 30.6 Å². The van der Waals surface area contributed by atoms with Crippen LogP contribution in [0.1, 0.15) is 0 Å². The highest BCUT2D eigenvalue weighted by molar-refractivity contribution is 7.21. The molecule has 0 amide bonds. The van der Waals surface area contributed by atoms with Crippen LogP contribution in [0, 0.1) is 0 Å². The van der Waals surface area contributed by atoms with Gasteiger partial charge in [-0.15, -0.1) is 0 Å². The summed E-state index contributed by atoms with van der Waals surface area (Å²) >= 11 is 1.36. The van der Waals surface area contributed by atoms with Gasteiger partial charge in [-0.3, -0.25) is 0 Å². The molecule has 3 rings (SSSR count). The number of phenolic OH excluding ortho intramolecular Hbond substituents is 2. The summed E-state index contributed by atoms with van der Waals surface area (Å²) in [7, 11) is 0. The van der Waals surface area contributed by atoms with E-state index < -0.39 is 0 Å². The Morgan fingerprint density at radius 2 is 1.65 bits per heavy atom. The highest BCUT2D eigenvalue weighted by Crippen LogP contribution is 2.32. The quantitative estimate of drug-likeness (QED) is 0.686. The number of aromatic hydroxyl groups is 2. The van der Waals surface area contributed by atoms with Crippen molar-refractivity contribution in [3.63, 3.8) is 0 Å². The number of fused-ring (bicyclic) bond motifs is 1. The maximum absolute atomic E-state index is 9.42. The fraction of sp³-hybridized carbons (Fsp3) is 0. The number of phenols is 2. The van der Waals surface area contributed by atoms with Crippen molar-refractivity contribution in [2.45, 2.75) is 0 Å². The zero-order chi connectivity index (χ0) is 11.8. The number of hydrogen-bond donors (Lipinski definition) is 2. The Morgan fingerprint density at radius 1 is 0.941 bits per heavy atom. The molecule has 0 aliphatic rings. The van der Waals surface area contributed by atoms with Gasteiger partial charge in [0.1, 0.15) is 16.5 Å². The van der Waals surface area contributed by atoms with Gasteiger partial charge in [-0.25, -0.2) is 15.0 Å². The van der Waals surface area contributed by atoms with Gasteiger partial charge in [0.2, 0.25) is 0 Å². The lowest BCUT2D eigenvalue weighted by atomic mass is 10.2. The van der Waals surface area contributed by atoms with Gasteiger partial charge in [0, 0.05) is 24.0 Å². The van der Waals surface area contributed by atoms with Crippen LogP contribution < -0.4 is 0 Å². The van der Waals surface area contributed by atoms with Gasteiger partial charge in [0.05, 0.1) is 0 Å². The Kier molecular flexibility index (Phi) is 2.15. The number of nitrogens with zero attached hydrogens (tertiary/aromatic N) is 3. The molecular weight excluding hydrogens is 238 g/mol. The van der Waals surface area contributed by atoms with Crippen LogP contribution in [0.25, 0.3) is 21.0 Å². The lowest BCUT2D eigenvalue weighted by molar-refractivity contribution is 0.451. The Hall–Kier alpha value is -2.21. The molecule has 6 heteroatoms. The molecule has 2 N–H and O–H groups in total. The normalized spacial score (nSPS) is 10.8. The van der Waals surface area contributed by atoms with E-state index in [1.165, 1.54) is 29.5 Å². The predicted molar refractivity (Wildman–Crippen MR) is 64.0 cm³/mol. The summed E-state index contributed by atoms with van der Waals surface area (Å²) in [6.45, 7) is 0. The second-order valence-electron chi connectivity index (χ2n) is 3.44. The maximum Gasteiger partial charge on any atom is 0.190 e. The smallest absolute Gasteiger partial charge is 0.190 e. The fourth-order valence-electron chi connectivity index (χ4n) is 1.52. The number of thiazole rings is 1. The Morgan fingerprint density at radius 3 is 2.35 bits per heavy atom. The summed E-state index contributed by atoms with van der Waals surface area (Å²) in [6, 6.07) is 4.35. The molecular formula is C11H7N3O2S. The van der Waals surface area contributed by atoms with Crippen molar-refractivity contribution in [1.29, 1.82) is 0 Å². The Bertz CT molecular complexity index is 643. The van der Waals surface area contributed by atoms with Crippen molar-refractivity contribution in [2.75, 3.05) is 0 Å². The van der Waals surface area contributed by atoms with Gasteiger partial charge in [-0.1, -0.05) is 11.3 Å². The summed E-state index contributed by atoms with van der Waals surface area (Å²) in [5, 5.41) is 19.5. The Balaban J connectivity index is 2.20. The van der Waals surface area contributed by atoms with Gasteiger partial charge >= 0.3 is 0 Å². The van der Waals surface area contributed by atoms with E-state index in [-0.39, 0.29) is 11.5 Å². The molecule has 0 aliphatic carbocycles. The molecule has 2 heterocycles. The molecule has 0 atom stereocenters. The average molecular weight is 245 g/mol. The van der Waals surface area contributed by atoms with Gasteiger partial charge < -0.3 is 10.2 Å². The van der Waals surface area contributed by atoms with E-state index in [2.05, 4.69) is 15.0 Å². The van der Waals surface area contributed by atoms with Gasteiger partial charge in [0.15, 0.2) is 10.5 Å². The summed E-state index contributed by atoms with van der Waals surface area (Å²) < 4.78 is 0. The fourth-order valence-corrected chi connectivity index (χ4v) is 2.37. The largest absolute Gasteiger partial charge is 0.508 e. The number of hydrogen-bond acceptors (Lipinski definition) is 6. The average Bonchev–Trinajstić information content (AvgIpc) is 2.71. The van der Waals surface area contributed by atoms with Crippen LogP contribution in [0.15, 0.2) is 30.6 Å². The monoisotopic (exact) mass is 245 g/mol. The lowest BCUT2D eigenvalue weighted by Crippen LogP contribution is -1.78. The van der Waals surface area contributed by atoms with Crippen LogP contribution in [0.5, 0.6) is 11.5 Å². The first-order valence-corrected chi connectivity index (χ1v) is 5.65. The minimum Gasteiger partial charge on any atom is -0.508 e. The van der Waals surface area contributed by atoms with E-state index in [1.54, 1.807) is 12.4 Å². The molecule has 0 spiro atoms. The van der Waals surface area contributed by atoms with Gasteiger partial charge in [0.25, 0.3) is 0 Å². The number of rotatable bonds is 1. The third kappa shape index (κ3) is 1.78. The molecule has 0 fully saturated rings. The summed E-state index contributed by atoms with van der Waals surface area (Å²) in [5.74, 6) is 0.000323. The minimum atomic E-state index is 0.000162. The number of benzene rings is 1. The van der Waals surface area contributed by atoms with Gasteiger partial charge in [-0.2, -0.15) is 0 Å². The highest BCUT2D eigenvalue weighted by atomic mass is 32.1. The zero-order valence-corrected chi connectivity index (χ0v) is 9.35. The summed E-state index contributed by atoms with van der Waals surface area (Å²) in [5.41, 5.74) is 1.21. The maximum atomic E-state index is 9.42. The second kappa shape index (κ2) is 3.67. The molecule has 2 aromatic heterocycles. The SMILES string of the molecule is Oc1cc(O)cc(-c2nc3nccnc3s2)c1. The van der Waals surface area contributed by atoms with Crippen molar-refractivity contribution in [2.24, 2.45) is 0 Å². The van der Waals surface area contributed by atoms with Crippen LogP contribution in [0.4, 0.5) is 0 Å². The van der Waals surface area contributed by atoms with Crippen molar-refractivity contribution in [3.8, 4) is 22.1 Å². The predicted octanol–water partition coefficient (Wildman–Crippen LogP) is 2.16. The molecule has 17 heavy (non-hydrogen) atoms. The third-order valence-corrected chi connectivity index (χ3v) is 3.20. The van der Waals surface area contributed by atoms with E-state index in [0.29, 0.717) is 16.2 Å². The van der Waals surface area contributed by atoms with Crippen LogP contribution in [-0.2, 0) is 0 Å². The first-order valence-electron chi connectivity index (χ1n) is 4.83. The molecule has 0 aliphatic heterocycles. The van der Waals surface area contributed by atoms with Crippen LogP contribution >= 0.6 is 11.3 Å². The molecule has 5 nitrogen and oxygen atoms in total. The Labute approximate surface area is 100 Å². The summed E-state index contributed by atoms with van der Waals surface area (Å²) in [6.07, 6.45) is 3.18. The molecule has 0 saturated carbocycles. The van der Waals surface area contributed by atoms with Gasteiger partial charge in [-0.05, 0) is 12.1 Å². The topological polar surface area (TPSA) is 79.1 Å². The standard InChI is InChI=1S/C11H7N3O2S/c15-7-3-6(4-8(16)5-7)10-14-9-11(17-10)13-2-1-12-9/h1-5,15-16H. The first kappa shape index (κ1) is 9.98. The van der Waals surface area contributed by atoms with E-state index in [9.17, 15) is 10.2 Å². The summed E-state index contributed by atoms with van der Waals surface area (Å²) in [4.78, 5) is 13.2. The van der Waals surface area contributed by atoms with Crippen molar-refractivity contribution >= 4 is 21.8 Å². The van der Waals surface area contributed by atoms with Crippen LogP contribution in [-0.4, -0.2) is 25.2 Å². The highest BCUT2D eigenvalue weighted by Gasteiger charge is 2.09. The lowest BCUT2D eigenvalue weighted by Gasteiger charge is -1.98. The molecule has 1 aromatic carbocycles. The van der Waals surface area contributed by atoms with E-state index in [0.717, 1.165) is 4.83 Å². The second-order valence-corrected chi connectivity index (χ2v) is 4.42. The molecule has 3 aromatic rings. The van der Waals surface area contributed by atoms with E-state index in [4.69, 9.17) is 0 Å². The minimum absolute atomic E-state index is 0.000162. The van der Waals surface area contributed by atoms with E-state index in [1.807, 2.05) is 0 Å². The van der Waals surface area contributed by atoms with Crippen LogP contribution in [0.3, 0.4) is 0 Å². The molecule has 0 unspecified atom stereocenters. The van der Waals surface area contributed by atoms with Crippen LogP contribution in [0.2, 0.25) is 0 Å². The molecule has 0 saturated heterocycles. The zero-order valence-electron chi connectivity index (χ0n) is 8.53.